The van der Waals surface area contributed by atoms with E-state index in [-0.39, 0.29) is 10.8 Å². The molecule has 1 saturated heterocycles. The molecule has 27 heavy (non-hydrogen) atoms. The standard InChI is InChI=1S/C20H22ClNO4S/c21-17-6-4-15(5-7-17)16-3-1-2-10-22(14-16)27(23,24)18-8-9-19-20(13-18)26-12-11-25-19/h4-9,13,16H,1-3,10-12,14H2. The van der Waals surface area contributed by atoms with Gasteiger partial charge in [-0.1, -0.05) is 30.2 Å². The Labute approximate surface area is 164 Å². The van der Waals surface area contributed by atoms with Crippen LogP contribution < -0.4 is 9.47 Å². The lowest BCUT2D eigenvalue weighted by molar-refractivity contribution is 0.171. The van der Waals surface area contributed by atoms with Gasteiger partial charge in [0.15, 0.2) is 11.5 Å². The molecule has 2 aliphatic rings. The zero-order valence-corrected chi connectivity index (χ0v) is 16.5. The minimum absolute atomic E-state index is 0.164. The smallest absolute Gasteiger partial charge is 0.243 e. The van der Waals surface area contributed by atoms with Gasteiger partial charge in [-0.05, 0) is 48.6 Å². The van der Waals surface area contributed by atoms with Crippen molar-refractivity contribution in [2.24, 2.45) is 0 Å². The van der Waals surface area contributed by atoms with Crippen molar-refractivity contribution in [2.75, 3.05) is 26.3 Å². The molecule has 1 fully saturated rings. The number of rotatable bonds is 3. The molecule has 4 rings (SSSR count). The third-order valence-corrected chi connectivity index (χ3v) is 7.24. The van der Waals surface area contributed by atoms with Crippen LogP contribution in [0.25, 0.3) is 0 Å². The molecule has 5 nitrogen and oxygen atoms in total. The van der Waals surface area contributed by atoms with Crippen LogP contribution >= 0.6 is 11.6 Å². The van der Waals surface area contributed by atoms with Gasteiger partial charge in [-0.2, -0.15) is 4.31 Å². The molecule has 7 heteroatoms. The van der Waals surface area contributed by atoms with Crippen molar-refractivity contribution in [1.82, 2.24) is 4.31 Å². The number of hydrogen-bond acceptors (Lipinski definition) is 4. The summed E-state index contributed by atoms with van der Waals surface area (Å²) in [6.07, 6.45) is 2.82. The molecule has 2 aliphatic heterocycles. The fourth-order valence-electron chi connectivity index (χ4n) is 3.67. The third kappa shape index (κ3) is 3.93. The van der Waals surface area contributed by atoms with Gasteiger partial charge in [-0.15, -0.1) is 0 Å². The molecule has 0 saturated carbocycles. The summed E-state index contributed by atoms with van der Waals surface area (Å²) in [7, 11) is -3.60. The molecule has 2 heterocycles. The van der Waals surface area contributed by atoms with Crippen molar-refractivity contribution in [3.8, 4) is 11.5 Å². The number of fused-ring (bicyclic) bond motifs is 1. The van der Waals surface area contributed by atoms with E-state index in [9.17, 15) is 8.42 Å². The Bertz CT molecular complexity index is 914. The van der Waals surface area contributed by atoms with Gasteiger partial charge in [0.1, 0.15) is 13.2 Å². The number of ether oxygens (including phenoxy) is 2. The first-order valence-electron chi connectivity index (χ1n) is 9.19. The average molecular weight is 408 g/mol. The predicted molar refractivity (Wildman–Crippen MR) is 104 cm³/mol. The van der Waals surface area contributed by atoms with Crippen molar-refractivity contribution in [1.29, 1.82) is 0 Å². The van der Waals surface area contributed by atoms with Gasteiger partial charge in [0.2, 0.25) is 10.0 Å². The van der Waals surface area contributed by atoms with E-state index in [1.54, 1.807) is 22.5 Å². The number of sulfonamides is 1. The largest absolute Gasteiger partial charge is 0.486 e. The summed E-state index contributed by atoms with van der Waals surface area (Å²) in [4.78, 5) is 0.253. The topological polar surface area (TPSA) is 55.8 Å². The van der Waals surface area contributed by atoms with Crippen LogP contribution in [0.2, 0.25) is 5.02 Å². The summed E-state index contributed by atoms with van der Waals surface area (Å²) in [6.45, 7) is 1.91. The van der Waals surface area contributed by atoms with Crippen molar-refractivity contribution in [2.45, 2.75) is 30.1 Å². The van der Waals surface area contributed by atoms with E-state index in [1.807, 2.05) is 24.3 Å². The lowest BCUT2D eigenvalue weighted by atomic mass is 9.95. The highest BCUT2D eigenvalue weighted by atomic mass is 35.5. The lowest BCUT2D eigenvalue weighted by Gasteiger charge is -2.25. The monoisotopic (exact) mass is 407 g/mol. The molecule has 144 valence electrons. The second-order valence-corrected chi connectivity index (χ2v) is 9.29. The zero-order chi connectivity index (χ0) is 18.9. The molecular formula is C20H22ClNO4S. The second-order valence-electron chi connectivity index (χ2n) is 6.91. The third-order valence-electron chi connectivity index (χ3n) is 5.13. The van der Waals surface area contributed by atoms with Crippen LogP contribution in [-0.4, -0.2) is 39.0 Å². The molecule has 0 spiro atoms. The SMILES string of the molecule is O=S(=O)(c1ccc2c(c1)OCCO2)N1CCCCC(c2ccc(Cl)cc2)C1. The minimum Gasteiger partial charge on any atom is -0.486 e. The summed E-state index contributed by atoms with van der Waals surface area (Å²) in [5, 5.41) is 0.688. The maximum Gasteiger partial charge on any atom is 0.243 e. The summed E-state index contributed by atoms with van der Waals surface area (Å²) < 4.78 is 39.2. The fourth-order valence-corrected chi connectivity index (χ4v) is 5.33. The molecular weight excluding hydrogens is 386 g/mol. The Balaban J connectivity index is 1.61. The highest BCUT2D eigenvalue weighted by molar-refractivity contribution is 7.89. The number of nitrogens with zero attached hydrogens (tertiary/aromatic N) is 1. The summed E-state index contributed by atoms with van der Waals surface area (Å²) >= 11 is 5.99. The Morgan fingerprint density at radius 3 is 2.48 bits per heavy atom. The van der Waals surface area contributed by atoms with Gasteiger partial charge in [-0.3, -0.25) is 0 Å². The van der Waals surface area contributed by atoms with Crippen LogP contribution in [0.15, 0.2) is 47.4 Å². The van der Waals surface area contributed by atoms with Crippen molar-refractivity contribution in [3.63, 3.8) is 0 Å². The minimum atomic E-state index is -3.60. The van der Waals surface area contributed by atoms with E-state index < -0.39 is 10.0 Å². The van der Waals surface area contributed by atoms with Crippen LogP contribution in [0, 0.1) is 0 Å². The number of benzene rings is 2. The molecule has 0 N–H and O–H groups in total. The highest BCUT2D eigenvalue weighted by Gasteiger charge is 2.30. The van der Waals surface area contributed by atoms with E-state index in [1.165, 1.54) is 0 Å². The molecule has 1 atom stereocenters. The Hall–Kier alpha value is -1.76. The maximum absolute atomic E-state index is 13.3. The number of halogens is 1. The molecule has 0 aromatic heterocycles. The summed E-state index contributed by atoms with van der Waals surface area (Å²) in [5.74, 6) is 1.25. The van der Waals surface area contributed by atoms with Gasteiger partial charge < -0.3 is 9.47 Å². The molecule has 0 amide bonds. The van der Waals surface area contributed by atoms with E-state index in [0.29, 0.717) is 42.8 Å². The van der Waals surface area contributed by atoms with E-state index in [0.717, 1.165) is 24.8 Å². The Morgan fingerprint density at radius 2 is 1.70 bits per heavy atom. The average Bonchev–Trinajstić information content (AvgIpc) is 2.95. The van der Waals surface area contributed by atoms with Crippen LogP contribution in [0.4, 0.5) is 0 Å². The van der Waals surface area contributed by atoms with Gasteiger partial charge in [0, 0.05) is 24.2 Å². The predicted octanol–water partition coefficient (Wildman–Crippen LogP) is 4.07. The van der Waals surface area contributed by atoms with E-state index in [4.69, 9.17) is 21.1 Å². The summed E-state index contributed by atoms with van der Waals surface area (Å²) in [5.41, 5.74) is 1.13. The van der Waals surface area contributed by atoms with E-state index >= 15 is 0 Å². The molecule has 0 aliphatic carbocycles. The van der Waals surface area contributed by atoms with Crippen LogP contribution in [0.3, 0.4) is 0 Å². The number of hydrogen-bond donors (Lipinski definition) is 0. The van der Waals surface area contributed by atoms with Gasteiger partial charge >= 0.3 is 0 Å². The second kappa shape index (κ2) is 7.70. The van der Waals surface area contributed by atoms with E-state index in [2.05, 4.69) is 0 Å². The zero-order valence-electron chi connectivity index (χ0n) is 14.9. The van der Waals surface area contributed by atoms with Crippen molar-refractivity contribution >= 4 is 21.6 Å². The van der Waals surface area contributed by atoms with Crippen LogP contribution in [-0.2, 0) is 10.0 Å². The molecule has 0 radical (unpaired) electrons. The highest BCUT2D eigenvalue weighted by Crippen LogP contribution is 2.35. The Morgan fingerprint density at radius 1 is 0.963 bits per heavy atom. The normalized spacial score (nSPS) is 20.9. The maximum atomic E-state index is 13.3. The fraction of sp³-hybridized carbons (Fsp3) is 0.400. The van der Waals surface area contributed by atoms with Crippen LogP contribution in [0.5, 0.6) is 11.5 Å². The van der Waals surface area contributed by atoms with Crippen molar-refractivity contribution in [3.05, 3.63) is 53.1 Å². The summed E-state index contributed by atoms with van der Waals surface area (Å²) in [6, 6.07) is 12.6. The molecule has 1 unspecified atom stereocenters. The Kier molecular flexibility index (Phi) is 5.30. The molecule has 2 aromatic rings. The molecule has 0 bridgehead atoms. The quantitative estimate of drug-likeness (QED) is 0.769. The lowest BCUT2D eigenvalue weighted by Crippen LogP contribution is -2.34. The first-order chi connectivity index (χ1) is 13.0. The van der Waals surface area contributed by atoms with Gasteiger partial charge in [-0.25, -0.2) is 8.42 Å². The molecule has 2 aromatic carbocycles. The van der Waals surface area contributed by atoms with Crippen molar-refractivity contribution < 1.29 is 17.9 Å². The van der Waals surface area contributed by atoms with Crippen LogP contribution in [0.1, 0.15) is 30.7 Å². The van der Waals surface area contributed by atoms with Gasteiger partial charge in [0.05, 0.1) is 4.90 Å². The first-order valence-corrected chi connectivity index (χ1v) is 11.0. The first kappa shape index (κ1) is 18.6. The van der Waals surface area contributed by atoms with Gasteiger partial charge in [0.25, 0.3) is 0 Å².